The molecule has 4 aromatic heterocycles. The smallest absolute Gasteiger partial charge is 0.262 e. The Morgan fingerprint density at radius 1 is 1.00 bits per heavy atom. The molecule has 6 rings (SSSR count). The van der Waals surface area contributed by atoms with Crippen LogP contribution in [-0.2, 0) is 16.6 Å². The van der Waals surface area contributed by atoms with Crippen molar-refractivity contribution >= 4 is 54.5 Å². The van der Waals surface area contributed by atoms with E-state index in [1.807, 2.05) is 19.1 Å². The number of rotatable bonds is 2. The Hall–Kier alpha value is -4.07. The van der Waals surface area contributed by atoms with E-state index in [4.69, 9.17) is 9.47 Å². The number of hydrogen-bond donors (Lipinski definition) is 2. The van der Waals surface area contributed by atoms with Crippen molar-refractivity contribution in [2.45, 2.75) is 18.4 Å². The van der Waals surface area contributed by atoms with Crippen molar-refractivity contribution < 1.29 is 22.7 Å². The first-order chi connectivity index (χ1) is 18.8. The number of amides is 1. The molecule has 0 saturated heterocycles. The Balaban J connectivity index is 1.59. The number of aromatic nitrogens is 3. The van der Waals surface area contributed by atoms with E-state index >= 15 is 0 Å². The number of fused-ring (bicyclic) bond motifs is 9. The molecule has 0 atom stereocenters. The van der Waals surface area contributed by atoms with Gasteiger partial charge in [0.15, 0.2) is 0 Å². The quantitative estimate of drug-likeness (QED) is 0.303. The van der Waals surface area contributed by atoms with Gasteiger partial charge in [0.2, 0.25) is 5.88 Å². The third kappa shape index (κ3) is 4.37. The number of benzene rings is 1. The summed E-state index contributed by atoms with van der Waals surface area (Å²) >= 11 is 3.03. The number of nitrogens with one attached hydrogen (secondary N) is 2. The number of ether oxygens (including phenoxy) is 2. The van der Waals surface area contributed by atoms with Crippen molar-refractivity contribution in [2.24, 2.45) is 0 Å². The predicted molar refractivity (Wildman–Crippen MR) is 150 cm³/mol. The summed E-state index contributed by atoms with van der Waals surface area (Å²) in [5.74, 6) is -0.113. The highest BCUT2D eigenvalue weighted by Crippen LogP contribution is 2.43. The van der Waals surface area contributed by atoms with Gasteiger partial charge >= 0.3 is 0 Å². The van der Waals surface area contributed by atoms with Gasteiger partial charge in [0, 0.05) is 21.5 Å². The fraction of sp³-hybridized carbons (Fsp3) is 0.154. The molecule has 198 valence electrons. The number of hydrogen-bond acceptors (Lipinski definition) is 10. The zero-order chi connectivity index (χ0) is 27.3. The van der Waals surface area contributed by atoms with Crippen LogP contribution in [0.15, 0.2) is 53.8 Å². The lowest BCUT2D eigenvalue weighted by atomic mass is 10.1. The fourth-order valence-corrected chi connectivity index (χ4v) is 7.72. The second-order valence-electron chi connectivity index (χ2n) is 8.65. The highest BCUT2D eigenvalue weighted by atomic mass is 32.2. The molecule has 5 heterocycles. The molecule has 0 radical (unpaired) electrons. The molecule has 13 heteroatoms. The van der Waals surface area contributed by atoms with Crippen molar-refractivity contribution in [3.05, 3.63) is 64.9 Å². The van der Waals surface area contributed by atoms with Crippen LogP contribution in [0.2, 0.25) is 0 Å². The lowest BCUT2D eigenvalue weighted by molar-refractivity contribution is 0.0948. The largest absolute Gasteiger partial charge is 0.496 e. The van der Waals surface area contributed by atoms with Crippen molar-refractivity contribution in [3.63, 3.8) is 0 Å². The van der Waals surface area contributed by atoms with Crippen LogP contribution in [0.1, 0.15) is 20.8 Å². The van der Waals surface area contributed by atoms with Crippen LogP contribution in [0.4, 0.5) is 5.69 Å². The summed E-state index contributed by atoms with van der Waals surface area (Å²) in [6.45, 7) is 2.22. The van der Waals surface area contributed by atoms with E-state index in [1.165, 1.54) is 61.4 Å². The highest BCUT2D eigenvalue weighted by molar-refractivity contribution is 7.92. The minimum absolute atomic E-state index is 0.0926. The minimum atomic E-state index is -4.13. The van der Waals surface area contributed by atoms with Crippen LogP contribution in [0.5, 0.6) is 11.6 Å². The maximum absolute atomic E-state index is 13.5. The van der Waals surface area contributed by atoms with E-state index in [2.05, 4.69) is 25.0 Å². The molecule has 10 nitrogen and oxygen atoms in total. The summed E-state index contributed by atoms with van der Waals surface area (Å²) in [6, 6.07) is 9.70. The first-order valence-electron chi connectivity index (χ1n) is 11.7. The summed E-state index contributed by atoms with van der Waals surface area (Å²) < 4.78 is 41.1. The summed E-state index contributed by atoms with van der Waals surface area (Å²) in [5.41, 5.74) is 3.48. The Bertz CT molecular complexity index is 1880. The third-order valence-corrected chi connectivity index (χ3v) is 10.1. The lowest BCUT2D eigenvalue weighted by Crippen LogP contribution is -2.23. The first kappa shape index (κ1) is 25.2. The molecule has 0 aliphatic carbocycles. The van der Waals surface area contributed by atoms with Gasteiger partial charge in [0.25, 0.3) is 15.9 Å². The molecule has 2 N–H and O–H groups in total. The zero-order valence-electron chi connectivity index (χ0n) is 20.9. The summed E-state index contributed by atoms with van der Waals surface area (Å²) in [5, 5.41) is 2.87. The molecule has 1 aliphatic rings. The van der Waals surface area contributed by atoms with Crippen LogP contribution < -0.4 is 19.5 Å². The SMILES string of the molecule is COc1ccc2cc1C(=O)NCc1ccc(s1)-c1ncnc3c(C)c(sc13)-c1cnc(OC)c(c1)NS2(=O)=O. The van der Waals surface area contributed by atoms with E-state index in [9.17, 15) is 13.2 Å². The van der Waals surface area contributed by atoms with Crippen molar-refractivity contribution in [3.8, 4) is 32.6 Å². The number of carbonyl (C=O) groups excluding carboxylic acids is 1. The Kier molecular flexibility index (Phi) is 6.20. The molecule has 1 amide bonds. The number of methoxy groups -OCH3 is 2. The van der Waals surface area contributed by atoms with Gasteiger partial charge in [-0.2, -0.15) is 0 Å². The number of sulfonamides is 1. The van der Waals surface area contributed by atoms with Crippen LogP contribution in [0.3, 0.4) is 0 Å². The molecule has 39 heavy (non-hydrogen) atoms. The first-order valence-corrected chi connectivity index (χ1v) is 14.8. The molecule has 5 aromatic rings. The van der Waals surface area contributed by atoms with Gasteiger partial charge in [-0.25, -0.2) is 23.4 Å². The summed E-state index contributed by atoms with van der Waals surface area (Å²) in [7, 11) is -1.30. The molecule has 1 aromatic carbocycles. The standard InChI is InChI=1S/C26H21N5O5S3/c1-13-21-24-22(30-12-29-21)20-7-4-15(37-20)11-27-25(32)17-9-16(5-6-19(17)35-2)39(33,34)31-18-8-14(23(13)38-24)10-28-26(18)36-3/h4-10,12,31H,11H2,1-3H3,(H,27,32). The molecular formula is C26H21N5O5S3. The van der Waals surface area contributed by atoms with Gasteiger partial charge in [-0.05, 0) is 48.9 Å². The van der Waals surface area contributed by atoms with Crippen molar-refractivity contribution in [1.29, 1.82) is 0 Å². The van der Waals surface area contributed by atoms with Gasteiger partial charge in [-0.15, -0.1) is 22.7 Å². The maximum Gasteiger partial charge on any atom is 0.262 e. The van der Waals surface area contributed by atoms with Gasteiger partial charge in [-0.3, -0.25) is 9.52 Å². The predicted octanol–water partition coefficient (Wildman–Crippen LogP) is 4.85. The minimum Gasteiger partial charge on any atom is -0.496 e. The average Bonchev–Trinajstić information content (AvgIpc) is 3.55. The number of aryl methyl sites for hydroxylation is 1. The van der Waals surface area contributed by atoms with Gasteiger partial charge < -0.3 is 14.8 Å². The summed E-state index contributed by atoms with van der Waals surface area (Å²) in [6.07, 6.45) is 3.18. The van der Waals surface area contributed by atoms with E-state index in [0.29, 0.717) is 5.56 Å². The van der Waals surface area contributed by atoms with Crippen LogP contribution in [0.25, 0.3) is 31.2 Å². The monoisotopic (exact) mass is 579 g/mol. The summed E-state index contributed by atoms with van der Waals surface area (Å²) in [4.78, 5) is 29.2. The Morgan fingerprint density at radius 2 is 1.85 bits per heavy atom. The molecular weight excluding hydrogens is 559 g/mol. The van der Waals surface area contributed by atoms with E-state index in [1.54, 1.807) is 12.3 Å². The number of anilines is 1. The second-order valence-corrected chi connectivity index (χ2v) is 12.5. The van der Waals surface area contributed by atoms with Crippen molar-refractivity contribution in [1.82, 2.24) is 20.3 Å². The van der Waals surface area contributed by atoms with Crippen LogP contribution in [-0.4, -0.2) is 43.5 Å². The number of nitrogens with zero attached hydrogens (tertiary/aromatic N) is 3. The van der Waals surface area contributed by atoms with Gasteiger partial charge in [0.05, 0.1) is 46.3 Å². The molecule has 0 fully saturated rings. The lowest BCUT2D eigenvalue weighted by Gasteiger charge is -2.14. The zero-order valence-corrected chi connectivity index (χ0v) is 23.4. The van der Waals surface area contributed by atoms with E-state index < -0.39 is 15.9 Å². The topological polar surface area (TPSA) is 132 Å². The second kappa shape index (κ2) is 9.59. The van der Waals surface area contributed by atoms with Crippen molar-refractivity contribution in [2.75, 3.05) is 18.9 Å². The Labute approximate surface area is 231 Å². The van der Waals surface area contributed by atoms with Gasteiger partial charge in [-0.1, -0.05) is 0 Å². The molecule has 1 aliphatic heterocycles. The van der Waals surface area contributed by atoms with E-state index in [0.717, 1.165) is 36.1 Å². The normalized spacial score (nSPS) is 14.3. The number of thiophene rings is 2. The molecule has 8 bridgehead atoms. The average molecular weight is 580 g/mol. The number of pyridine rings is 1. The fourth-order valence-electron chi connectivity index (χ4n) is 4.38. The maximum atomic E-state index is 13.5. The van der Waals surface area contributed by atoms with Gasteiger partial charge in [0.1, 0.15) is 23.5 Å². The van der Waals surface area contributed by atoms with Crippen LogP contribution in [0, 0.1) is 6.92 Å². The molecule has 0 spiro atoms. The molecule has 0 saturated carbocycles. The third-order valence-electron chi connectivity index (χ3n) is 6.30. The Morgan fingerprint density at radius 3 is 2.64 bits per heavy atom. The number of carbonyl (C=O) groups is 1. The van der Waals surface area contributed by atoms with Crippen LogP contribution >= 0.6 is 22.7 Å². The molecule has 0 unspecified atom stereocenters. The van der Waals surface area contributed by atoms with E-state index in [-0.39, 0.29) is 34.3 Å². The highest BCUT2D eigenvalue weighted by Gasteiger charge is 2.24.